The summed E-state index contributed by atoms with van der Waals surface area (Å²) in [4.78, 5) is 17.2. The fourth-order valence-corrected chi connectivity index (χ4v) is 4.84. The summed E-state index contributed by atoms with van der Waals surface area (Å²) in [5, 5.41) is 12.5. The van der Waals surface area contributed by atoms with Gasteiger partial charge >= 0.3 is 6.18 Å². The van der Waals surface area contributed by atoms with Gasteiger partial charge in [0.1, 0.15) is 5.82 Å². The number of aromatic nitrogens is 3. The smallest absolute Gasteiger partial charge is 0.391 e. The van der Waals surface area contributed by atoms with Gasteiger partial charge in [-0.2, -0.15) is 13.2 Å². The second-order valence-corrected chi connectivity index (χ2v) is 9.39. The van der Waals surface area contributed by atoms with Crippen LogP contribution >= 0.6 is 11.6 Å². The molecule has 174 valence electrons. The summed E-state index contributed by atoms with van der Waals surface area (Å²) >= 11 is 6.00. The van der Waals surface area contributed by atoms with Crippen LogP contribution in [-0.2, 0) is 4.79 Å². The van der Waals surface area contributed by atoms with E-state index in [0.717, 1.165) is 10.9 Å². The van der Waals surface area contributed by atoms with E-state index in [-0.39, 0.29) is 36.5 Å². The van der Waals surface area contributed by atoms with Gasteiger partial charge in [0.05, 0.1) is 11.4 Å². The maximum Gasteiger partial charge on any atom is 0.391 e. The number of halogens is 4. The number of alkyl halides is 3. The van der Waals surface area contributed by atoms with Gasteiger partial charge in [-0.3, -0.25) is 4.79 Å². The summed E-state index contributed by atoms with van der Waals surface area (Å²) in [6.07, 6.45) is -1.40. The Bertz CT molecular complexity index is 1170. The van der Waals surface area contributed by atoms with Crippen molar-refractivity contribution in [2.24, 2.45) is 11.8 Å². The van der Waals surface area contributed by atoms with E-state index in [1.165, 1.54) is 0 Å². The van der Waals surface area contributed by atoms with Crippen LogP contribution < -0.4 is 5.32 Å². The van der Waals surface area contributed by atoms with Crippen molar-refractivity contribution in [3.05, 3.63) is 47.1 Å². The molecule has 6 nitrogen and oxygen atoms in total. The second-order valence-electron chi connectivity index (χ2n) is 8.96. The molecule has 1 N–H and O–H groups in total. The van der Waals surface area contributed by atoms with Gasteiger partial charge in [-0.25, -0.2) is 4.98 Å². The van der Waals surface area contributed by atoms with Crippen LogP contribution in [0, 0.1) is 11.8 Å². The summed E-state index contributed by atoms with van der Waals surface area (Å²) < 4.78 is 43.8. The van der Waals surface area contributed by atoms with Gasteiger partial charge in [-0.05, 0) is 68.9 Å². The summed E-state index contributed by atoms with van der Waals surface area (Å²) in [5.74, 6) is -0.525. The fourth-order valence-electron chi connectivity index (χ4n) is 4.66. The number of rotatable bonds is 4. The maximum absolute atomic E-state index is 12.7. The van der Waals surface area contributed by atoms with Crippen LogP contribution in [0.5, 0.6) is 0 Å². The number of carbonyl (C=O) groups excluding carboxylic acids is 1. The zero-order valence-corrected chi connectivity index (χ0v) is 18.4. The van der Waals surface area contributed by atoms with Gasteiger partial charge in [-0.1, -0.05) is 11.6 Å². The van der Waals surface area contributed by atoms with Crippen LogP contribution in [0.1, 0.15) is 62.1 Å². The lowest BCUT2D eigenvalue weighted by atomic mass is 9.74. The molecule has 2 aliphatic rings. The molecule has 1 amide bonds. The average Bonchev–Trinajstić information content (AvgIpc) is 3.21. The van der Waals surface area contributed by atoms with Gasteiger partial charge < -0.3 is 9.73 Å². The first-order valence-electron chi connectivity index (χ1n) is 11.0. The van der Waals surface area contributed by atoms with Gasteiger partial charge in [0.2, 0.25) is 17.7 Å². The van der Waals surface area contributed by atoms with Crippen LogP contribution in [0.25, 0.3) is 10.9 Å². The second kappa shape index (κ2) is 8.59. The highest BCUT2D eigenvalue weighted by Gasteiger charge is 2.49. The van der Waals surface area contributed by atoms with Crippen molar-refractivity contribution >= 4 is 34.2 Å². The van der Waals surface area contributed by atoms with E-state index in [0.29, 0.717) is 48.3 Å². The Hall–Kier alpha value is -2.68. The maximum atomic E-state index is 12.7. The minimum Gasteiger partial charge on any atom is -0.425 e. The highest BCUT2D eigenvalue weighted by atomic mass is 35.5. The highest BCUT2D eigenvalue weighted by molar-refractivity contribution is 6.31. The molecule has 2 saturated carbocycles. The number of hydrogen-bond acceptors (Lipinski definition) is 5. The average molecular weight is 479 g/mol. The van der Waals surface area contributed by atoms with E-state index >= 15 is 0 Å². The monoisotopic (exact) mass is 478 g/mol. The first-order chi connectivity index (χ1) is 15.8. The Balaban J connectivity index is 1.14. The third-order valence-corrected chi connectivity index (χ3v) is 6.99. The summed E-state index contributed by atoms with van der Waals surface area (Å²) in [6, 6.07) is 9.01. The molecule has 5 rings (SSSR count). The molecule has 0 unspecified atom stereocenters. The number of benzene rings is 1. The molecule has 0 aliphatic heterocycles. The van der Waals surface area contributed by atoms with Gasteiger partial charge in [0.25, 0.3) is 0 Å². The SMILES string of the molecule is O=C(Nc1ccc2cc(Cl)ccc2n1)C1CCC(c2nnc(C3CC(C(F)(F)F)C3)o2)CC1. The molecular formula is C23H22ClF3N4O2. The largest absolute Gasteiger partial charge is 0.425 e. The van der Waals surface area contributed by atoms with Crippen molar-refractivity contribution in [1.82, 2.24) is 15.2 Å². The normalized spacial score (nSPS) is 25.6. The van der Waals surface area contributed by atoms with Crippen LogP contribution in [0.2, 0.25) is 5.02 Å². The molecule has 0 bridgehead atoms. The van der Waals surface area contributed by atoms with E-state index in [9.17, 15) is 18.0 Å². The number of anilines is 1. The number of carbonyl (C=O) groups is 1. The molecule has 0 radical (unpaired) electrons. The van der Waals surface area contributed by atoms with Crippen LogP contribution in [0.3, 0.4) is 0 Å². The lowest BCUT2D eigenvalue weighted by molar-refractivity contribution is -0.198. The molecule has 33 heavy (non-hydrogen) atoms. The number of hydrogen-bond donors (Lipinski definition) is 1. The van der Waals surface area contributed by atoms with Crippen molar-refractivity contribution < 1.29 is 22.4 Å². The molecule has 2 heterocycles. The minimum absolute atomic E-state index is 0.00783. The Morgan fingerprint density at radius 3 is 2.39 bits per heavy atom. The van der Waals surface area contributed by atoms with E-state index in [2.05, 4.69) is 20.5 Å². The summed E-state index contributed by atoms with van der Waals surface area (Å²) in [6.45, 7) is 0. The third-order valence-electron chi connectivity index (χ3n) is 6.76. The lowest BCUT2D eigenvalue weighted by Crippen LogP contribution is -2.34. The first-order valence-corrected chi connectivity index (χ1v) is 11.4. The molecule has 0 atom stereocenters. The molecule has 2 aliphatic carbocycles. The quantitative estimate of drug-likeness (QED) is 0.480. The first kappa shape index (κ1) is 22.1. The van der Waals surface area contributed by atoms with E-state index in [4.69, 9.17) is 16.0 Å². The standard InChI is InChI=1S/C23H22ClF3N4O2/c24-17-6-7-18-14(11-17)5-8-19(28-18)29-20(32)12-1-3-13(4-2-12)21-30-31-22(33-21)15-9-16(10-15)23(25,26)27/h5-8,11-13,15-16H,1-4,9-10H2,(H,28,29,32). The molecule has 2 fully saturated rings. The molecular weight excluding hydrogens is 457 g/mol. The molecule has 0 spiro atoms. The number of amides is 1. The Morgan fingerprint density at radius 2 is 1.70 bits per heavy atom. The van der Waals surface area contributed by atoms with Gasteiger partial charge in [0, 0.05) is 28.2 Å². The third kappa shape index (κ3) is 4.69. The van der Waals surface area contributed by atoms with Crippen molar-refractivity contribution in [3.8, 4) is 0 Å². The van der Waals surface area contributed by atoms with Crippen molar-refractivity contribution in [2.45, 2.75) is 56.5 Å². The van der Waals surface area contributed by atoms with Crippen LogP contribution in [-0.4, -0.2) is 27.3 Å². The topological polar surface area (TPSA) is 80.9 Å². The van der Waals surface area contributed by atoms with Crippen LogP contribution in [0.4, 0.5) is 19.0 Å². The molecule has 2 aromatic heterocycles. The Kier molecular flexibility index (Phi) is 5.76. The van der Waals surface area contributed by atoms with Gasteiger partial charge in [0.15, 0.2) is 0 Å². The Labute approximate surface area is 192 Å². The molecule has 0 saturated heterocycles. The van der Waals surface area contributed by atoms with Crippen LogP contribution in [0.15, 0.2) is 34.7 Å². The lowest BCUT2D eigenvalue weighted by Gasteiger charge is -2.34. The van der Waals surface area contributed by atoms with Crippen molar-refractivity contribution in [2.75, 3.05) is 5.32 Å². The predicted octanol–water partition coefficient (Wildman–Crippen LogP) is 6.24. The van der Waals surface area contributed by atoms with E-state index in [1.54, 1.807) is 12.1 Å². The highest BCUT2D eigenvalue weighted by Crippen LogP contribution is 2.49. The summed E-state index contributed by atoms with van der Waals surface area (Å²) in [5.41, 5.74) is 0.751. The summed E-state index contributed by atoms with van der Waals surface area (Å²) in [7, 11) is 0. The predicted molar refractivity (Wildman–Crippen MR) is 116 cm³/mol. The fraction of sp³-hybridized carbons (Fsp3) is 0.478. The minimum atomic E-state index is -4.16. The number of pyridine rings is 1. The molecule has 3 aromatic rings. The van der Waals surface area contributed by atoms with E-state index in [1.807, 2.05) is 18.2 Å². The Morgan fingerprint density at radius 1 is 1.00 bits per heavy atom. The number of nitrogens with one attached hydrogen (secondary N) is 1. The molecule has 1 aromatic carbocycles. The zero-order chi connectivity index (χ0) is 23.2. The van der Waals surface area contributed by atoms with Gasteiger partial charge in [-0.15, -0.1) is 10.2 Å². The number of nitrogens with zero attached hydrogens (tertiary/aromatic N) is 3. The van der Waals surface area contributed by atoms with Crippen molar-refractivity contribution in [3.63, 3.8) is 0 Å². The number of fused-ring (bicyclic) bond motifs is 1. The zero-order valence-electron chi connectivity index (χ0n) is 17.6. The van der Waals surface area contributed by atoms with Crippen molar-refractivity contribution in [1.29, 1.82) is 0 Å². The van der Waals surface area contributed by atoms with E-state index < -0.39 is 12.1 Å². The molecule has 10 heteroatoms.